The number of benzene rings is 1. The van der Waals surface area contributed by atoms with Crippen LogP contribution in [-0.2, 0) is 7.05 Å². The minimum Gasteiger partial charge on any atom is -0.362 e. The standard InChI is InChI=1S/C14H21N5/c1-17-10-16-13-9-12(3-4-14(13)17)18(2)11-19-7-5-15-6-8-19/h3-4,9-10,15H,5-8,11H2,1-2H3. The van der Waals surface area contributed by atoms with Gasteiger partial charge in [0.2, 0.25) is 0 Å². The summed E-state index contributed by atoms with van der Waals surface area (Å²) in [6.45, 7) is 5.40. The maximum Gasteiger partial charge on any atom is 0.0955 e. The van der Waals surface area contributed by atoms with Gasteiger partial charge >= 0.3 is 0 Å². The summed E-state index contributed by atoms with van der Waals surface area (Å²) in [7, 11) is 4.17. The number of anilines is 1. The van der Waals surface area contributed by atoms with E-state index in [0.29, 0.717) is 0 Å². The maximum atomic E-state index is 4.42. The Morgan fingerprint density at radius 3 is 2.89 bits per heavy atom. The van der Waals surface area contributed by atoms with Gasteiger partial charge in [-0.05, 0) is 18.2 Å². The summed E-state index contributed by atoms with van der Waals surface area (Å²) in [6.07, 6.45) is 1.87. The van der Waals surface area contributed by atoms with E-state index in [1.807, 2.05) is 13.4 Å². The van der Waals surface area contributed by atoms with Crippen LogP contribution in [0.4, 0.5) is 5.69 Å². The normalized spacial score (nSPS) is 16.9. The highest BCUT2D eigenvalue weighted by Crippen LogP contribution is 2.20. The van der Waals surface area contributed by atoms with E-state index in [1.165, 1.54) is 11.2 Å². The van der Waals surface area contributed by atoms with E-state index in [9.17, 15) is 0 Å². The Labute approximate surface area is 113 Å². The molecule has 0 amide bonds. The molecule has 0 radical (unpaired) electrons. The molecule has 3 rings (SSSR count). The molecule has 1 saturated heterocycles. The Bertz CT molecular complexity index is 556. The SMILES string of the molecule is CN(CN1CCNCC1)c1ccc2c(c1)ncn2C. The van der Waals surface area contributed by atoms with Crippen LogP contribution in [0.15, 0.2) is 24.5 Å². The topological polar surface area (TPSA) is 36.3 Å². The number of piperazine rings is 1. The summed E-state index contributed by atoms with van der Waals surface area (Å²) < 4.78 is 2.05. The summed E-state index contributed by atoms with van der Waals surface area (Å²) in [5.41, 5.74) is 3.47. The molecule has 1 aromatic carbocycles. The summed E-state index contributed by atoms with van der Waals surface area (Å²) >= 11 is 0. The van der Waals surface area contributed by atoms with E-state index in [0.717, 1.165) is 38.4 Å². The molecule has 2 heterocycles. The average Bonchev–Trinajstić information content (AvgIpc) is 2.81. The fraction of sp³-hybridized carbons (Fsp3) is 0.500. The molecule has 5 heteroatoms. The van der Waals surface area contributed by atoms with Gasteiger partial charge in [0.1, 0.15) is 0 Å². The Morgan fingerprint density at radius 2 is 2.11 bits per heavy atom. The van der Waals surface area contributed by atoms with Crippen LogP contribution < -0.4 is 10.2 Å². The molecule has 19 heavy (non-hydrogen) atoms. The van der Waals surface area contributed by atoms with Crippen LogP contribution in [-0.4, -0.2) is 54.3 Å². The lowest BCUT2D eigenvalue weighted by Crippen LogP contribution is -2.47. The molecular formula is C14H21N5. The molecule has 2 aromatic rings. The highest BCUT2D eigenvalue weighted by atomic mass is 15.3. The van der Waals surface area contributed by atoms with Crippen molar-refractivity contribution in [1.82, 2.24) is 19.8 Å². The molecule has 0 aliphatic carbocycles. The fourth-order valence-electron chi connectivity index (χ4n) is 2.60. The second kappa shape index (κ2) is 5.19. The summed E-state index contributed by atoms with van der Waals surface area (Å²) in [4.78, 5) is 9.18. The Hall–Kier alpha value is -1.59. The van der Waals surface area contributed by atoms with E-state index >= 15 is 0 Å². The third kappa shape index (κ3) is 2.57. The molecule has 5 nitrogen and oxygen atoms in total. The molecule has 0 saturated carbocycles. The van der Waals surface area contributed by atoms with Gasteiger partial charge in [0.25, 0.3) is 0 Å². The highest BCUT2D eigenvalue weighted by Gasteiger charge is 2.12. The van der Waals surface area contributed by atoms with E-state index in [1.54, 1.807) is 0 Å². The zero-order valence-electron chi connectivity index (χ0n) is 11.6. The van der Waals surface area contributed by atoms with E-state index in [2.05, 4.69) is 49.9 Å². The van der Waals surface area contributed by atoms with Crippen molar-refractivity contribution >= 4 is 16.7 Å². The van der Waals surface area contributed by atoms with Crippen molar-refractivity contribution in [3.8, 4) is 0 Å². The molecule has 1 N–H and O–H groups in total. The lowest BCUT2D eigenvalue weighted by molar-refractivity contribution is 0.243. The van der Waals surface area contributed by atoms with Gasteiger partial charge in [-0.25, -0.2) is 4.98 Å². The van der Waals surface area contributed by atoms with Gasteiger partial charge in [-0.2, -0.15) is 0 Å². The number of nitrogens with one attached hydrogen (secondary N) is 1. The van der Waals surface area contributed by atoms with E-state index < -0.39 is 0 Å². The number of imidazole rings is 1. The third-order valence-corrected chi connectivity index (χ3v) is 3.77. The number of nitrogens with zero attached hydrogens (tertiary/aromatic N) is 4. The lowest BCUT2D eigenvalue weighted by Gasteiger charge is -2.32. The molecule has 0 bridgehead atoms. The van der Waals surface area contributed by atoms with Crippen LogP contribution in [0.2, 0.25) is 0 Å². The predicted octanol–water partition coefficient (Wildman–Crippen LogP) is 0.872. The molecule has 1 aliphatic rings. The van der Waals surface area contributed by atoms with Crippen LogP contribution in [0.1, 0.15) is 0 Å². The summed E-state index contributed by atoms with van der Waals surface area (Å²) in [5.74, 6) is 0. The monoisotopic (exact) mass is 259 g/mol. The van der Waals surface area contributed by atoms with Crippen LogP contribution in [0.3, 0.4) is 0 Å². The first-order valence-electron chi connectivity index (χ1n) is 6.79. The van der Waals surface area contributed by atoms with Crippen LogP contribution in [0, 0.1) is 0 Å². The van der Waals surface area contributed by atoms with Crippen molar-refractivity contribution in [2.45, 2.75) is 0 Å². The van der Waals surface area contributed by atoms with Crippen molar-refractivity contribution in [2.24, 2.45) is 7.05 Å². The van der Waals surface area contributed by atoms with Gasteiger partial charge in [0.05, 0.1) is 24.0 Å². The van der Waals surface area contributed by atoms with Gasteiger partial charge in [0.15, 0.2) is 0 Å². The molecule has 1 aliphatic heterocycles. The third-order valence-electron chi connectivity index (χ3n) is 3.77. The highest BCUT2D eigenvalue weighted by molar-refractivity contribution is 5.79. The average molecular weight is 259 g/mol. The van der Waals surface area contributed by atoms with Crippen molar-refractivity contribution in [3.05, 3.63) is 24.5 Å². The van der Waals surface area contributed by atoms with Crippen molar-refractivity contribution in [2.75, 3.05) is 44.8 Å². The van der Waals surface area contributed by atoms with Gasteiger partial charge in [-0.1, -0.05) is 0 Å². The largest absolute Gasteiger partial charge is 0.362 e. The van der Waals surface area contributed by atoms with Gasteiger partial charge < -0.3 is 14.8 Å². The van der Waals surface area contributed by atoms with Crippen molar-refractivity contribution in [1.29, 1.82) is 0 Å². The molecule has 0 unspecified atom stereocenters. The number of rotatable bonds is 3. The second-order valence-electron chi connectivity index (χ2n) is 5.24. The van der Waals surface area contributed by atoms with Gasteiger partial charge in [-0.15, -0.1) is 0 Å². The molecule has 0 spiro atoms. The minimum absolute atomic E-state index is 0.972. The molecule has 0 atom stereocenters. The summed E-state index contributed by atoms with van der Waals surface area (Å²) in [6, 6.07) is 6.48. The first-order chi connectivity index (χ1) is 9.24. The Balaban J connectivity index is 1.75. The predicted molar refractivity (Wildman–Crippen MR) is 78.4 cm³/mol. The molecule has 102 valence electrons. The van der Waals surface area contributed by atoms with Crippen molar-refractivity contribution < 1.29 is 0 Å². The van der Waals surface area contributed by atoms with Gasteiger partial charge in [0, 0.05) is 46.0 Å². The quantitative estimate of drug-likeness (QED) is 0.887. The zero-order valence-corrected chi connectivity index (χ0v) is 11.6. The first kappa shape index (κ1) is 12.4. The van der Waals surface area contributed by atoms with E-state index in [4.69, 9.17) is 0 Å². The Morgan fingerprint density at radius 1 is 1.32 bits per heavy atom. The lowest BCUT2D eigenvalue weighted by atomic mass is 10.2. The first-order valence-corrected chi connectivity index (χ1v) is 6.79. The number of hydrogen-bond acceptors (Lipinski definition) is 4. The van der Waals surface area contributed by atoms with Crippen LogP contribution >= 0.6 is 0 Å². The van der Waals surface area contributed by atoms with Crippen LogP contribution in [0.25, 0.3) is 11.0 Å². The molecule has 1 aromatic heterocycles. The number of aryl methyl sites for hydroxylation is 1. The second-order valence-corrected chi connectivity index (χ2v) is 5.24. The fourth-order valence-corrected chi connectivity index (χ4v) is 2.60. The van der Waals surface area contributed by atoms with Crippen LogP contribution in [0.5, 0.6) is 0 Å². The smallest absolute Gasteiger partial charge is 0.0955 e. The maximum absolute atomic E-state index is 4.42. The summed E-state index contributed by atoms with van der Waals surface area (Å²) in [5, 5.41) is 3.38. The molecule has 1 fully saturated rings. The number of aromatic nitrogens is 2. The minimum atomic E-state index is 0.972. The zero-order chi connectivity index (χ0) is 13.2. The number of hydrogen-bond donors (Lipinski definition) is 1. The van der Waals surface area contributed by atoms with E-state index in [-0.39, 0.29) is 0 Å². The molecular weight excluding hydrogens is 238 g/mol. The van der Waals surface area contributed by atoms with Crippen molar-refractivity contribution in [3.63, 3.8) is 0 Å². The van der Waals surface area contributed by atoms with Gasteiger partial charge in [-0.3, -0.25) is 4.90 Å². The number of fused-ring (bicyclic) bond motifs is 1. The Kier molecular flexibility index (Phi) is 3.40.